The minimum absolute atomic E-state index is 0.749. The molecule has 13 heavy (non-hydrogen) atoms. The summed E-state index contributed by atoms with van der Waals surface area (Å²) in [5, 5.41) is 4.85. The van der Waals surface area contributed by atoms with Crippen molar-refractivity contribution in [3.8, 4) is 11.3 Å². The van der Waals surface area contributed by atoms with E-state index in [-0.39, 0.29) is 0 Å². The van der Waals surface area contributed by atoms with Crippen molar-refractivity contribution in [1.82, 2.24) is 9.78 Å². The second kappa shape index (κ2) is 3.23. The van der Waals surface area contributed by atoms with Crippen molar-refractivity contribution in [1.29, 1.82) is 0 Å². The molecule has 0 saturated carbocycles. The van der Waals surface area contributed by atoms with Crippen LogP contribution in [0.5, 0.6) is 0 Å². The van der Waals surface area contributed by atoms with Gasteiger partial charge in [0.2, 0.25) is 0 Å². The summed E-state index contributed by atoms with van der Waals surface area (Å²) in [4.78, 5) is 0. The summed E-state index contributed by atoms with van der Waals surface area (Å²) >= 11 is 5.88. The van der Waals surface area contributed by atoms with E-state index in [4.69, 9.17) is 11.6 Å². The van der Waals surface area contributed by atoms with Crippen LogP contribution < -0.4 is 0 Å². The number of hydrogen-bond donors (Lipinski definition) is 0. The first-order chi connectivity index (χ1) is 6.27. The molecule has 0 aliphatic heterocycles. The zero-order valence-corrected chi connectivity index (χ0v) is 7.99. The van der Waals surface area contributed by atoms with E-state index >= 15 is 0 Å². The number of nitrogens with zero attached hydrogens (tertiary/aromatic N) is 2. The molecule has 0 fully saturated rings. The maximum Gasteiger partial charge on any atom is 0.0679 e. The second-order valence-corrected chi connectivity index (χ2v) is 3.29. The number of halogens is 1. The van der Waals surface area contributed by atoms with Crippen LogP contribution in [0.3, 0.4) is 0 Å². The maximum absolute atomic E-state index is 5.88. The van der Waals surface area contributed by atoms with Crippen molar-refractivity contribution in [3.05, 3.63) is 41.6 Å². The third kappa shape index (κ3) is 1.58. The van der Waals surface area contributed by atoms with Gasteiger partial charge in [0, 0.05) is 23.8 Å². The quantitative estimate of drug-likeness (QED) is 0.680. The van der Waals surface area contributed by atoms with Gasteiger partial charge < -0.3 is 0 Å². The summed E-state index contributed by atoms with van der Waals surface area (Å²) < 4.78 is 1.83. The lowest BCUT2D eigenvalue weighted by molar-refractivity contribution is 0.776. The minimum Gasteiger partial charge on any atom is -0.268 e. The normalized spacial score (nSPS) is 10.3. The van der Waals surface area contributed by atoms with Gasteiger partial charge in [-0.2, -0.15) is 5.10 Å². The summed E-state index contributed by atoms with van der Waals surface area (Å²) in [6, 6.07) is 9.71. The fraction of sp³-hybridized carbons (Fsp3) is 0.100. The first-order valence-corrected chi connectivity index (χ1v) is 4.39. The van der Waals surface area contributed by atoms with Gasteiger partial charge in [-0.3, -0.25) is 4.68 Å². The average molecular weight is 193 g/mol. The Bertz CT molecular complexity index is 420. The van der Waals surface area contributed by atoms with Crippen molar-refractivity contribution in [2.75, 3.05) is 0 Å². The monoisotopic (exact) mass is 192 g/mol. The molecule has 0 bridgehead atoms. The van der Waals surface area contributed by atoms with Gasteiger partial charge in [-0.15, -0.1) is 0 Å². The van der Waals surface area contributed by atoms with E-state index in [1.165, 1.54) is 0 Å². The standard InChI is InChI=1S/C10H9ClN2/c1-13-10(5-6-12-13)8-3-2-4-9(11)7-8/h2-7H,1H3. The fourth-order valence-corrected chi connectivity index (χ4v) is 1.50. The Morgan fingerprint density at radius 2 is 2.15 bits per heavy atom. The van der Waals surface area contributed by atoms with Crippen LogP contribution >= 0.6 is 11.6 Å². The molecular weight excluding hydrogens is 184 g/mol. The van der Waals surface area contributed by atoms with Gasteiger partial charge in [0.15, 0.2) is 0 Å². The molecule has 2 aromatic rings. The summed E-state index contributed by atoms with van der Waals surface area (Å²) in [6.45, 7) is 0. The van der Waals surface area contributed by atoms with Crippen LogP contribution in [-0.2, 0) is 7.05 Å². The molecule has 0 N–H and O–H groups in total. The Labute approximate surface area is 81.8 Å². The van der Waals surface area contributed by atoms with E-state index in [1.807, 2.05) is 42.1 Å². The number of aromatic nitrogens is 2. The van der Waals surface area contributed by atoms with Crippen LogP contribution in [0.2, 0.25) is 5.02 Å². The Morgan fingerprint density at radius 3 is 2.77 bits per heavy atom. The van der Waals surface area contributed by atoms with E-state index < -0.39 is 0 Å². The smallest absolute Gasteiger partial charge is 0.0679 e. The summed E-state index contributed by atoms with van der Waals surface area (Å²) in [7, 11) is 1.91. The molecule has 0 aliphatic carbocycles. The van der Waals surface area contributed by atoms with Gasteiger partial charge in [0.25, 0.3) is 0 Å². The Kier molecular flexibility index (Phi) is 2.07. The third-order valence-electron chi connectivity index (χ3n) is 1.94. The Hall–Kier alpha value is -1.28. The van der Waals surface area contributed by atoms with E-state index in [2.05, 4.69) is 5.10 Å². The SMILES string of the molecule is Cn1nccc1-c1cccc(Cl)c1. The number of benzene rings is 1. The van der Waals surface area contributed by atoms with E-state index in [0.717, 1.165) is 16.3 Å². The number of rotatable bonds is 1. The average Bonchev–Trinajstić information content (AvgIpc) is 2.51. The molecule has 1 aromatic carbocycles. The lowest BCUT2D eigenvalue weighted by Crippen LogP contribution is -1.92. The topological polar surface area (TPSA) is 17.8 Å². The van der Waals surface area contributed by atoms with Crippen LogP contribution in [0.4, 0.5) is 0 Å². The molecule has 2 rings (SSSR count). The molecule has 0 atom stereocenters. The van der Waals surface area contributed by atoms with Crippen LogP contribution in [0, 0.1) is 0 Å². The molecule has 0 amide bonds. The molecule has 1 heterocycles. The molecule has 1 aromatic heterocycles. The Morgan fingerprint density at radius 1 is 1.31 bits per heavy atom. The first-order valence-electron chi connectivity index (χ1n) is 4.01. The van der Waals surface area contributed by atoms with E-state index in [9.17, 15) is 0 Å². The molecule has 0 saturated heterocycles. The lowest BCUT2D eigenvalue weighted by Gasteiger charge is -2.01. The Balaban J connectivity index is 2.53. The van der Waals surface area contributed by atoms with E-state index in [1.54, 1.807) is 6.20 Å². The molecule has 0 unspecified atom stereocenters. The molecule has 0 radical (unpaired) electrons. The number of hydrogen-bond acceptors (Lipinski definition) is 1. The van der Waals surface area contributed by atoms with Crippen molar-refractivity contribution in [2.45, 2.75) is 0 Å². The zero-order chi connectivity index (χ0) is 9.26. The van der Waals surface area contributed by atoms with Crippen molar-refractivity contribution in [3.63, 3.8) is 0 Å². The van der Waals surface area contributed by atoms with Crippen LogP contribution in [0.25, 0.3) is 11.3 Å². The van der Waals surface area contributed by atoms with Crippen LogP contribution in [0.1, 0.15) is 0 Å². The fourth-order valence-electron chi connectivity index (χ4n) is 1.30. The number of aryl methyl sites for hydroxylation is 1. The van der Waals surface area contributed by atoms with Crippen molar-refractivity contribution in [2.24, 2.45) is 7.05 Å². The van der Waals surface area contributed by atoms with Gasteiger partial charge in [0.1, 0.15) is 0 Å². The molecule has 66 valence electrons. The largest absolute Gasteiger partial charge is 0.268 e. The molecule has 3 heteroatoms. The van der Waals surface area contributed by atoms with Gasteiger partial charge in [-0.05, 0) is 18.2 Å². The first kappa shape index (κ1) is 8.32. The highest BCUT2D eigenvalue weighted by Crippen LogP contribution is 2.21. The maximum atomic E-state index is 5.88. The van der Waals surface area contributed by atoms with Crippen LogP contribution in [-0.4, -0.2) is 9.78 Å². The molecule has 2 nitrogen and oxygen atoms in total. The predicted molar refractivity (Wildman–Crippen MR) is 53.7 cm³/mol. The summed E-state index contributed by atoms with van der Waals surface area (Å²) in [6.07, 6.45) is 1.77. The molecule has 0 aliphatic rings. The van der Waals surface area contributed by atoms with Crippen LogP contribution in [0.15, 0.2) is 36.5 Å². The van der Waals surface area contributed by atoms with Gasteiger partial charge >= 0.3 is 0 Å². The van der Waals surface area contributed by atoms with Gasteiger partial charge in [-0.1, -0.05) is 23.7 Å². The lowest BCUT2D eigenvalue weighted by atomic mass is 10.1. The summed E-state index contributed by atoms with van der Waals surface area (Å²) in [5.74, 6) is 0. The van der Waals surface area contributed by atoms with Crippen molar-refractivity contribution >= 4 is 11.6 Å². The second-order valence-electron chi connectivity index (χ2n) is 2.85. The zero-order valence-electron chi connectivity index (χ0n) is 7.24. The summed E-state index contributed by atoms with van der Waals surface area (Å²) in [5.41, 5.74) is 2.16. The predicted octanol–water partition coefficient (Wildman–Crippen LogP) is 2.74. The highest BCUT2D eigenvalue weighted by Gasteiger charge is 2.01. The molecular formula is C10H9ClN2. The highest BCUT2D eigenvalue weighted by atomic mass is 35.5. The van der Waals surface area contributed by atoms with Crippen molar-refractivity contribution < 1.29 is 0 Å². The highest BCUT2D eigenvalue weighted by molar-refractivity contribution is 6.30. The molecule has 0 spiro atoms. The minimum atomic E-state index is 0.749. The van der Waals surface area contributed by atoms with Gasteiger partial charge in [-0.25, -0.2) is 0 Å². The van der Waals surface area contributed by atoms with Gasteiger partial charge in [0.05, 0.1) is 5.69 Å². The van der Waals surface area contributed by atoms with E-state index in [0.29, 0.717) is 0 Å². The third-order valence-corrected chi connectivity index (χ3v) is 2.18.